The predicted octanol–water partition coefficient (Wildman–Crippen LogP) is 2.50. The number of carbonyl (C=O) groups excluding carboxylic acids is 2. The van der Waals surface area contributed by atoms with E-state index < -0.39 is 23.6 Å². The summed E-state index contributed by atoms with van der Waals surface area (Å²) in [6.07, 6.45) is -0.589. The molecule has 0 aliphatic heterocycles. The van der Waals surface area contributed by atoms with Crippen molar-refractivity contribution in [3.63, 3.8) is 0 Å². The van der Waals surface area contributed by atoms with Gasteiger partial charge in [0.05, 0.1) is 0 Å². The van der Waals surface area contributed by atoms with E-state index in [1.165, 1.54) is 6.92 Å². The molecule has 1 rings (SSSR count). The lowest BCUT2D eigenvalue weighted by atomic mass is 10.1. The first-order valence-corrected chi connectivity index (χ1v) is 6.22. The molecule has 4 heteroatoms. The molecule has 1 atom stereocenters. The smallest absolute Gasteiger partial charge is 0.348 e. The molecule has 0 radical (unpaired) electrons. The van der Waals surface area contributed by atoms with Crippen molar-refractivity contribution in [2.75, 3.05) is 0 Å². The highest BCUT2D eigenvalue weighted by Gasteiger charge is 2.27. The van der Waals surface area contributed by atoms with Crippen LogP contribution in [0.25, 0.3) is 0 Å². The third-order valence-electron chi connectivity index (χ3n) is 2.24. The van der Waals surface area contributed by atoms with E-state index in [1.807, 2.05) is 30.3 Å². The summed E-state index contributed by atoms with van der Waals surface area (Å²) in [5, 5.41) is 0. The fourth-order valence-electron chi connectivity index (χ4n) is 1.57. The van der Waals surface area contributed by atoms with Crippen molar-refractivity contribution in [1.29, 1.82) is 0 Å². The Morgan fingerprint density at radius 3 is 2.21 bits per heavy atom. The lowest BCUT2D eigenvalue weighted by Crippen LogP contribution is -2.35. The van der Waals surface area contributed by atoms with Gasteiger partial charge >= 0.3 is 11.9 Å². The van der Waals surface area contributed by atoms with Gasteiger partial charge in [0, 0.05) is 13.3 Å². The molecule has 0 saturated heterocycles. The highest BCUT2D eigenvalue weighted by molar-refractivity contribution is 5.79. The van der Waals surface area contributed by atoms with Crippen molar-refractivity contribution in [2.45, 2.75) is 45.8 Å². The minimum absolute atomic E-state index is 0.315. The molecule has 0 heterocycles. The summed E-state index contributed by atoms with van der Waals surface area (Å²) in [7, 11) is 0. The van der Waals surface area contributed by atoms with Gasteiger partial charge in [0.15, 0.2) is 0 Å². The van der Waals surface area contributed by atoms with Crippen LogP contribution in [-0.4, -0.2) is 23.6 Å². The minimum atomic E-state index is -0.904. The number of ether oxygens (including phenoxy) is 2. The van der Waals surface area contributed by atoms with E-state index >= 15 is 0 Å². The zero-order valence-electron chi connectivity index (χ0n) is 11.8. The van der Waals surface area contributed by atoms with Crippen molar-refractivity contribution < 1.29 is 19.1 Å². The molecule has 0 fully saturated rings. The van der Waals surface area contributed by atoms with Crippen LogP contribution in [0.1, 0.15) is 33.3 Å². The van der Waals surface area contributed by atoms with Gasteiger partial charge < -0.3 is 9.47 Å². The largest absolute Gasteiger partial charge is 0.457 e. The molecule has 0 aliphatic rings. The van der Waals surface area contributed by atoms with Gasteiger partial charge in [-0.05, 0) is 26.3 Å². The maximum atomic E-state index is 12.0. The van der Waals surface area contributed by atoms with Crippen LogP contribution < -0.4 is 0 Å². The summed E-state index contributed by atoms with van der Waals surface area (Å²) in [6, 6.07) is 9.38. The fraction of sp³-hybridized carbons (Fsp3) is 0.467. The molecule has 1 aromatic carbocycles. The Labute approximate surface area is 113 Å². The quantitative estimate of drug-likeness (QED) is 0.784. The number of hydrogen-bond donors (Lipinski definition) is 0. The second-order valence-electron chi connectivity index (χ2n) is 5.32. The monoisotopic (exact) mass is 264 g/mol. The molecular formula is C15H20O4. The zero-order chi connectivity index (χ0) is 14.5. The lowest BCUT2D eigenvalue weighted by molar-refractivity contribution is -0.174. The Bertz CT molecular complexity index is 431. The van der Waals surface area contributed by atoms with Crippen LogP contribution in [0.5, 0.6) is 0 Å². The summed E-state index contributed by atoms with van der Waals surface area (Å²) in [5.41, 5.74) is 0.311. The third-order valence-corrected chi connectivity index (χ3v) is 2.24. The first-order valence-electron chi connectivity index (χ1n) is 6.22. The van der Waals surface area contributed by atoms with Gasteiger partial charge in [-0.1, -0.05) is 30.3 Å². The van der Waals surface area contributed by atoms with Gasteiger partial charge in [0.25, 0.3) is 0 Å². The molecule has 1 aromatic rings. The average Bonchev–Trinajstić information content (AvgIpc) is 2.26. The van der Waals surface area contributed by atoms with Crippen LogP contribution in [0.3, 0.4) is 0 Å². The summed E-state index contributed by atoms with van der Waals surface area (Å²) in [6.45, 7) is 6.61. The van der Waals surface area contributed by atoms with E-state index in [9.17, 15) is 9.59 Å². The van der Waals surface area contributed by atoms with Crippen molar-refractivity contribution in [3.8, 4) is 0 Å². The maximum absolute atomic E-state index is 12.0. The Morgan fingerprint density at radius 2 is 1.74 bits per heavy atom. The number of esters is 2. The van der Waals surface area contributed by atoms with Crippen molar-refractivity contribution in [3.05, 3.63) is 35.9 Å². The van der Waals surface area contributed by atoms with Crippen LogP contribution in [0.15, 0.2) is 30.3 Å². The zero-order valence-corrected chi connectivity index (χ0v) is 11.8. The fourth-order valence-corrected chi connectivity index (χ4v) is 1.57. The second-order valence-corrected chi connectivity index (χ2v) is 5.32. The van der Waals surface area contributed by atoms with Crippen LogP contribution in [0.2, 0.25) is 0 Å². The molecule has 0 unspecified atom stereocenters. The van der Waals surface area contributed by atoms with E-state index in [0.717, 1.165) is 5.56 Å². The van der Waals surface area contributed by atoms with E-state index in [0.29, 0.717) is 6.42 Å². The van der Waals surface area contributed by atoms with E-state index in [4.69, 9.17) is 9.47 Å². The Kier molecular flexibility index (Phi) is 5.10. The second kappa shape index (κ2) is 6.36. The van der Waals surface area contributed by atoms with Crippen molar-refractivity contribution >= 4 is 11.9 Å². The maximum Gasteiger partial charge on any atom is 0.348 e. The number of benzene rings is 1. The van der Waals surface area contributed by atoms with Crippen LogP contribution in [0, 0.1) is 0 Å². The highest BCUT2D eigenvalue weighted by atomic mass is 16.6. The Hall–Kier alpha value is -1.84. The van der Waals surface area contributed by atoms with Gasteiger partial charge in [0.1, 0.15) is 5.60 Å². The molecule has 0 aliphatic carbocycles. The summed E-state index contributed by atoms with van der Waals surface area (Å²) in [4.78, 5) is 23.1. The van der Waals surface area contributed by atoms with E-state index in [-0.39, 0.29) is 0 Å². The van der Waals surface area contributed by atoms with Gasteiger partial charge in [-0.3, -0.25) is 4.79 Å². The average molecular weight is 264 g/mol. The van der Waals surface area contributed by atoms with Gasteiger partial charge in [-0.2, -0.15) is 0 Å². The number of rotatable bonds is 4. The SMILES string of the molecule is CC(=O)O[C@H](Cc1ccccc1)C(=O)OC(C)(C)C. The lowest BCUT2D eigenvalue weighted by Gasteiger charge is -2.23. The standard InChI is InChI=1S/C15H20O4/c1-11(16)18-13(14(17)19-15(2,3)4)10-12-8-6-5-7-9-12/h5-9,13H,10H2,1-4H3/t13-/m1/s1. The minimum Gasteiger partial charge on any atom is -0.457 e. The molecule has 0 spiro atoms. The highest BCUT2D eigenvalue weighted by Crippen LogP contribution is 2.13. The predicted molar refractivity (Wildman–Crippen MR) is 71.5 cm³/mol. The van der Waals surface area contributed by atoms with Gasteiger partial charge in [-0.15, -0.1) is 0 Å². The van der Waals surface area contributed by atoms with Crippen LogP contribution in [-0.2, 0) is 25.5 Å². The van der Waals surface area contributed by atoms with E-state index in [2.05, 4.69) is 0 Å². The molecule has 104 valence electrons. The van der Waals surface area contributed by atoms with Crippen molar-refractivity contribution in [2.24, 2.45) is 0 Å². The molecule has 19 heavy (non-hydrogen) atoms. The molecule has 0 bridgehead atoms. The number of hydrogen-bond acceptors (Lipinski definition) is 4. The third kappa shape index (κ3) is 6.04. The molecule has 0 amide bonds. The first-order chi connectivity index (χ1) is 8.78. The molecule has 0 saturated carbocycles. The summed E-state index contributed by atoms with van der Waals surface area (Å²) in [5.74, 6) is -1.02. The first kappa shape index (κ1) is 15.2. The molecular weight excluding hydrogens is 244 g/mol. The number of carbonyl (C=O) groups is 2. The molecule has 0 N–H and O–H groups in total. The Morgan fingerprint density at radius 1 is 1.16 bits per heavy atom. The summed E-state index contributed by atoms with van der Waals surface area (Å²) >= 11 is 0. The van der Waals surface area contributed by atoms with Gasteiger partial charge in [-0.25, -0.2) is 4.79 Å². The van der Waals surface area contributed by atoms with Crippen molar-refractivity contribution in [1.82, 2.24) is 0 Å². The van der Waals surface area contributed by atoms with E-state index in [1.54, 1.807) is 20.8 Å². The topological polar surface area (TPSA) is 52.6 Å². The van der Waals surface area contributed by atoms with Crippen LogP contribution in [0.4, 0.5) is 0 Å². The molecule has 0 aromatic heterocycles. The molecule has 4 nitrogen and oxygen atoms in total. The normalized spacial score (nSPS) is 12.6. The van der Waals surface area contributed by atoms with Crippen LogP contribution >= 0.6 is 0 Å². The summed E-state index contributed by atoms with van der Waals surface area (Å²) < 4.78 is 10.3. The Balaban J connectivity index is 2.77. The van der Waals surface area contributed by atoms with Gasteiger partial charge in [0.2, 0.25) is 6.10 Å².